The average Bonchev–Trinajstić information content (AvgIpc) is 2.30. The maximum Gasteiger partial charge on any atom is 0.111 e. The summed E-state index contributed by atoms with van der Waals surface area (Å²) in [5, 5.41) is 10.1. The molecule has 0 radical (unpaired) electrons. The number of nitrogens with zero attached hydrogens (tertiary/aromatic N) is 2. The first-order chi connectivity index (χ1) is 5.15. The quantitative estimate of drug-likeness (QED) is 0.673. The highest BCUT2D eigenvalue weighted by molar-refractivity contribution is 7.17. The summed E-state index contributed by atoms with van der Waals surface area (Å²) in [5.41, 5.74) is 0. The molecule has 0 saturated heterocycles. The van der Waals surface area contributed by atoms with Crippen molar-refractivity contribution in [2.75, 3.05) is 19.0 Å². The van der Waals surface area contributed by atoms with Gasteiger partial charge in [0.1, 0.15) is 15.9 Å². The molecule has 58 valence electrons. The van der Waals surface area contributed by atoms with E-state index in [1.165, 1.54) is 11.3 Å². The van der Waals surface area contributed by atoms with Gasteiger partial charge in [-0.1, -0.05) is 11.6 Å². The van der Waals surface area contributed by atoms with Gasteiger partial charge in [0.05, 0.1) is 5.02 Å². The van der Waals surface area contributed by atoms with Crippen molar-refractivity contribution in [1.82, 2.24) is 0 Å². The molecule has 4 heteroatoms. The predicted molar refractivity (Wildman–Crippen MR) is 48.4 cm³/mol. The lowest BCUT2D eigenvalue weighted by molar-refractivity contribution is 1.16. The number of nitriles is 1. The van der Waals surface area contributed by atoms with Crippen LogP contribution in [0, 0.1) is 11.3 Å². The fourth-order valence-electron chi connectivity index (χ4n) is 0.719. The maximum atomic E-state index is 8.54. The average molecular weight is 187 g/mol. The molecule has 0 saturated carbocycles. The van der Waals surface area contributed by atoms with E-state index >= 15 is 0 Å². The first-order valence-electron chi connectivity index (χ1n) is 3.02. The van der Waals surface area contributed by atoms with Crippen LogP contribution in [0.5, 0.6) is 0 Å². The molecule has 0 aliphatic heterocycles. The molecule has 1 rings (SSSR count). The molecule has 0 unspecified atom stereocenters. The molecule has 0 spiro atoms. The van der Waals surface area contributed by atoms with E-state index in [1.54, 1.807) is 6.07 Å². The molecule has 0 aromatic carbocycles. The van der Waals surface area contributed by atoms with Crippen LogP contribution < -0.4 is 4.90 Å². The Kier molecular flexibility index (Phi) is 2.38. The Bertz CT molecular complexity index is 298. The second kappa shape index (κ2) is 3.12. The normalized spacial score (nSPS) is 9.27. The minimum atomic E-state index is 0.650. The van der Waals surface area contributed by atoms with Crippen LogP contribution in [0.15, 0.2) is 6.07 Å². The molecule has 0 atom stereocenters. The zero-order valence-electron chi connectivity index (χ0n) is 6.26. The zero-order valence-corrected chi connectivity index (χ0v) is 7.83. The van der Waals surface area contributed by atoms with Crippen molar-refractivity contribution in [2.45, 2.75) is 0 Å². The molecule has 2 nitrogen and oxygen atoms in total. The highest BCUT2D eigenvalue weighted by Crippen LogP contribution is 2.33. The fraction of sp³-hybridized carbons (Fsp3) is 0.286. The Labute approximate surface area is 74.6 Å². The highest BCUT2D eigenvalue weighted by Gasteiger charge is 2.07. The topological polar surface area (TPSA) is 27.0 Å². The van der Waals surface area contributed by atoms with Gasteiger partial charge in [-0.2, -0.15) is 5.26 Å². The second-order valence-electron chi connectivity index (χ2n) is 2.27. The summed E-state index contributed by atoms with van der Waals surface area (Å²) in [6.45, 7) is 0. The molecule has 0 aliphatic rings. The van der Waals surface area contributed by atoms with E-state index in [0.29, 0.717) is 9.90 Å². The fourth-order valence-corrected chi connectivity index (χ4v) is 1.95. The summed E-state index contributed by atoms with van der Waals surface area (Å²) in [7, 11) is 3.80. The summed E-state index contributed by atoms with van der Waals surface area (Å²) in [6, 6.07) is 3.73. The molecule has 11 heavy (non-hydrogen) atoms. The highest BCUT2D eigenvalue weighted by atomic mass is 35.5. The van der Waals surface area contributed by atoms with E-state index in [1.807, 2.05) is 19.0 Å². The van der Waals surface area contributed by atoms with Crippen molar-refractivity contribution in [3.05, 3.63) is 16.0 Å². The summed E-state index contributed by atoms with van der Waals surface area (Å²) in [4.78, 5) is 2.55. The third-order valence-corrected chi connectivity index (χ3v) is 2.79. The van der Waals surface area contributed by atoms with E-state index in [0.717, 1.165) is 5.00 Å². The van der Waals surface area contributed by atoms with Gasteiger partial charge in [0.2, 0.25) is 0 Å². The summed E-state index contributed by atoms with van der Waals surface area (Å²) in [5.74, 6) is 0. The number of halogens is 1. The summed E-state index contributed by atoms with van der Waals surface area (Å²) in [6.07, 6.45) is 0. The third kappa shape index (κ3) is 1.65. The minimum Gasteiger partial charge on any atom is -0.368 e. The Morgan fingerprint density at radius 3 is 2.55 bits per heavy atom. The van der Waals surface area contributed by atoms with Gasteiger partial charge in [0.15, 0.2) is 0 Å². The Morgan fingerprint density at radius 1 is 1.64 bits per heavy atom. The number of hydrogen-bond acceptors (Lipinski definition) is 3. The monoisotopic (exact) mass is 186 g/mol. The second-order valence-corrected chi connectivity index (χ2v) is 3.71. The van der Waals surface area contributed by atoms with E-state index in [9.17, 15) is 0 Å². The van der Waals surface area contributed by atoms with Crippen LogP contribution >= 0.6 is 22.9 Å². The lowest BCUT2D eigenvalue weighted by Crippen LogP contribution is -2.06. The molecule has 1 aromatic rings. The lowest BCUT2D eigenvalue weighted by atomic mass is 10.5. The van der Waals surface area contributed by atoms with Crippen LogP contribution in [0.3, 0.4) is 0 Å². The van der Waals surface area contributed by atoms with Crippen LogP contribution in [0.4, 0.5) is 5.00 Å². The number of hydrogen-bond donors (Lipinski definition) is 0. The van der Waals surface area contributed by atoms with E-state index < -0.39 is 0 Å². The Morgan fingerprint density at radius 2 is 2.27 bits per heavy atom. The number of anilines is 1. The lowest BCUT2D eigenvalue weighted by Gasteiger charge is -2.08. The predicted octanol–water partition coefficient (Wildman–Crippen LogP) is 2.34. The smallest absolute Gasteiger partial charge is 0.111 e. The summed E-state index contributed by atoms with van der Waals surface area (Å²) >= 11 is 7.24. The van der Waals surface area contributed by atoms with E-state index in [-0.39, 0.29) is 0 Å². The van der Waals surface area contributed by atoms with Gasteiger partial charge in [-0.15, -0.1) is 11.3 Å². The molecular formula is C7H7ClN2S. The first-order valence-corrected chi connectivity index (χ1v) is 4.21. The molecular weight excluding hydrogens is 180 g/mol. The molecule has 0 amide bonds. The van der Waals surface area contributed by atoms with Crippen LogP contribution in [-0.2, 0) is 0 Å². The Balaban J connectivity index is 3.09. The Hall–Kier alpha value is -0.720. The molecule has 0 aliphatic carbocycles. The van der Waals surface area contributed by atoms with Crippen LogP contribution in [0.2, 0.25) is 5.02 Å². The van der Waals surface area contributed by atoms with Gasteiger partial charge in [0, 0.05) is 14.1 Å². The van der Waals surface area contributed by atoms with Gasteiger partial charge >= 0.3 is 0 Å². The zero-order chi connectivity index (χ0) is 8.43. The SMILES string of the molecule is CN(C)c1sc(C#N)cc1Cl. The molecule has 1 heterocycles. The standard InChI is InChI=1S/C7H7ClN2S/c1-10(2)7-6(8)3-5(4-9)11-7/h3H,1-2H3. The molecule has 0 N–H and O–H groups in total. The van der Waals surface area contributed by atoms with E-state index in [2.05, 4.69) is 6.07 Å². The molecule has 0 bridgehead atoms. The van der Waals surface area contributed by atoms with Crippen molar-refractivity contribution in [1.29, 1.82) is 5.26 Å². The van der Waals surface area contributed by atoms with Gasteiger partial charge in [-0.3, -0.25) is 0 Å². The van der Waals surface area contributed by atoms with Crippen molar-refractivity contribution >= 4 is 27.9 Å². The summed E-state index contributed by atoms with van der Waals surface area (Å²) < 4.78 is 0. The van der Waals surface area contributed by atoms with Gasteiger partial charge in [-0.05, 0) is 6.07 Å². The third-order valence-electron chi connectivity index (χ3n) is 1.19. The largest absolute Gasteiger partial charge is 0.368 e. The van der Waals surface area contributed by atoms with Crippen LogP contribution in [0.25, 0.3) is 0 Å². The molecule has 0 fully saturated rings. The maximum absolute atomic E-state index is 8.54. The number of thiophene rings is 1. The van der Waals surface area contributed by atoms with Crippen molar-refractivity contribution in [2.24, 2.45) is 0 Å². The van der Waals surface area contributed by atoms with Crippen LogP contribution in [-0.4, -0.2) is 14.1 Å². The number of rotatable bonds is 1. The van der Waals surface area contributed by atoms with Gasteiger partial charge in [0.25, 0.3) is 0 Å². The first kappa shape index (κ1) is 8.38. The van der Waals surface area contributed by atoms with Crippen molar-refractivity contribution < 1.29 is 0 Å². The van der Waals surface area contributed by atoms with Crippen LogP contribution in [0.1, 0.15) is 4.88 Å². The minimum absolute atomic E-state index is 0.650. The van der Waals surface area contributed by atoms with Gasteiger partial charge < -0.3 is 4.90 Å². The molecule has 1 aromatic heterocycles. The van der Waals surface area contributed by atoms with Crippen molar-refractivity contribution in [3.8, 4) is 6.07 Å². The van der Waals surface area contributed by atoms with E-state index in [4.69, 9.17) is 16.9 Å². The van der Waals surface area contributed by atoms with Gasteiger partial charge in [-0.25, -0.2) is 0 Å². The van der Waals surface area contributed by atoms with Crippen molar-refractivity contribution in [3.63, 3.8) is 0 Å².